The van der Waals surface area contributed by atoms with Crippen molar-refractivity contribution < 1.29 is 9.59 Å². The number of anilines is 1. The zero-order valence-corrected chi connectivity index (χ0v) is 16.1. The highest BCUT2D eigenvalue weighted by molar-refractivity contribution is 5.89. The molecule has 140 valence electrons. The average Bonchev–Trinajstić information content (AvgIpc) is 2.56. The van der Waals surface area contributed by atoms with Gasteiger partial charge in [-0.25, -0.2) is 4.79 Å². The lowest BCUT2D eigenvalue weighted by Gasteiger charge is -2.19. The van der Waals surface area contributed by atoms with Gasteiger partial charge in [0.2, 0.25) is 5.91 Å². The van der Waals surface area contributed by atoms with Gasteiger partial charge in [0.1, 0.15) is 0 Å². The topological polar surface area (TPSA) is 64.7 Å². The van der Waals surface area contributed by atoms with Crippen molar-refractivity contribution in [1.82, 2.24) is 15.1 Å². The van der Waals surface area contributed by atoms with E-state index >= 15 is 0 Å². The molecule has 2 N–H and O–H groups in total. The van der Waals surface area contributed by atoms with Gasteiger partial charge in [0, 0.05) is 24.8 Å². The molecular formula is C19H32N4O2. The summed E-state index contributed by atoms with van der Waals surface area (Å²) < 4.78 is 0. The predicted molar refractivity (Wildman–Crippen MR) is 103 cm³/mol. The van der Waals surface area contributed by atoms with Crippen LogP contribution in [0.1, 0.15) is 32.8 Å². The Bertz CT molecular complexity index is 539. The SMILES string of the molecule is CCN(CC)C(=O)Cc1ccc(NC(=O)N[C@@H](C)CCN(C)C)cc1. The molecular weight excluding hydrogens is 316 g/mol. The van der Waals surface area contributed by atoms with Gasteiger partial charge in [-0.1, -0.05) is 12.1 Å². The van der Waals surface area contributed by atoms with E-state index in [4.69, 9.17) is 0 Å². The molecule has 1 aromatic carbocycles. The maximum Gasteiger partial charge on any atom is 0.319 e. The quantitative estimate of drug-likeness (QED) is 0.721. The Balaban J connectivity index is 2.48. The Morgan fingerprint density at radius 3 is 2.20 bits per heavy atom. The normalized spacial score (nSPS) is 11.9. The fraction of sp³-hybridized carbons (Fsp3) is 0.579. The summed E-state index contributed by atoms with van der Waals surface area (Å²) in [6.07, 6.45) is 1.28. The van der Waals surface area contributed by atoms with Gasteiger partial charge < -0.3 is 20.4 Å². The average molecular weight is 348 g/mol. The van der Waals surface area contributed by atoms with E-state index < -0.39 is 0 Å². The van der Waals surface area contributed by atoms with Crippen LogP contribution in [0.4, 0.5) is 10.5 Å². The highest BCUT2D eigenvalue weighted by Crippen LogP contribution is 2.11. The minimum absolute atomic E-state index is 0.105. The van der Waals surface area contributed by atoms with E-state index in [1.165, 1.54) is 0 Å². The van der Waals surface area contributed by atoms with Crippen LogP contribution >= 0.6 is 0 Å². The zero-order valence-electron chi connectivity index (χ0n) is 16.1. The van der Waals surface area contributed by atoms with Crippen LogP contribution in [0, 0.1) is 0 Å². The maximum absolute atomic E-state index is 12.1. The molecule has 0 heterocycles. The number of urea groups is 1. The maximum atomic E-state index is 12.1. The molecule has 0 aromatic heterocycles. The predicted octanol–water partition coefficient (Wildman–Crippen LogP) is 2.56. The van der Waals surface area contributed by atoms with Gasteiger partial charge in [0.25, 0.3) is 0 Å². The molecule has 0 unspecified atom stereocenters. The second-order valence-corrected chi connectivity index (χ2v) is 6.53. The molecule has 0 saturated heterocycles. The monoisotopic (exact) mass is 348 g/mol. The highest BCUT2D eigenvalue weighted by Gasteiger charge is 2.11. The van der Waals surface area contributed by atoms with Gasteiger partial charge in [0.05, 0.1) is 6.42 Å². The van der Waals surface area contributed by atoms with Crippen molar-refractivity contribution in [3.63, 3.8) is 0 Å². The lowest BCUT2D eigenvalue weighted by atomic mass is 10.1. The van der Waals surface area contributed by atoms with E-state index in [9.17, 15) is 9.59 Å². The Hall–Kier alpha value is -2.08. The first-order chi connectivity index (χ1) is 11.8. The summed E-state index contributed by atoms with van der Waals surface area (Å²) in [4.78, 5) is 28.0. The van der Waals surface area contributed by atoms with Crippen molar-refractivity contribution in [3.05, 3.63) is 29.8 Å². The molecule has 0 bridgehead atoms. The highest BCUT2D eigenvalue weighted by atomic mass is 16.2. The summed E-state index contributed by atoms with van der Waals surface area (Å²) in [5.74, 6) is 0.123. The van der Waals surface area contributed by atoms with Crippen LogP contribution in [-0.4, -0.2) is 61.5 Å². The van der Waals surface area contributed by atoms with E-state index in [0.29, 0.717) is 6.42 Å². The lowest BCUT2D eigenvalue weighted by molar-refractivity contribution is -0.130. The molecule has 3 amide bonds. The second-order valence-electron chi connectivity index (χ2n) is 6.53. The summed E-state index contributed by atoms with van der Waals surface area (Å²) in [7, 11) is 4.03. The molecule has 25 heavy (non-hydrogen) atoms. The molecule has 1 atom stereocenters. The fourth-order valence-electron chi connectivity index (χ4n) is 2.48. The lowest BCUT2D eigenvalue weighted by Crippen LogP contribution is -2.37. The van der Waals surface area contributed by atoms with Gasteiger partial charge in [-0.15, -0.1) is 0 Å². The van der Waals surface area contributed by atoms with Gasteiger partial charge in [-0.05, 0) is 65.5 Å². The summed E-state index contributed by atoms with van der Waals surface area (Å²) in [5, 5.41) is 5.75. The number of rotatable bonds is 9. The fourth-order valence-corrected chi connectivity index (χ4v) is 2.48. The van der Waals surface area contributed by atoms with Crippen molar-refractivity contribution in [2.75, 3.05) is 39.0 Å². The number of hydrogen-bond acceptors (Lipinski definition) is 3. The van der Waals surface area contributed by atoms with Gasteiger partial charge >= 0.3 is 6.03 Å². The number of amides is 3. The van der Waals surface area contributed by atoms with Crippen LogP contribution in [0.15, 0.2) is 24.3 Å². The van der Waals surface area contributed by atoms with E-state index in [2.05, 4.69) is 15.5 Å². The van der Waals surface area contributed by atoms with E-state index in [0.717, 1.165) is 37.3 Å². The molecule has 0 fully saturated rings. The molecule has 0 saturated carbocycles. The molecule has 0 aliphatic heterocycles. The van der Waals surface area contributed by atoms with Gasteiger partial charge in [-0.2, -0.15) is 0 Å². The Morgan fingerprint density at radius 1 is 1.08 bits per heavy atom. The number of carbonyl (C=O) groups is 2. The number of likely N-dealkylation sites (N-methyl/N-ethyl adjacent to an activating group) is 1. The number of benzene rings is 1. The first-order valence-electron chi connectivity index (χ1n) is 8.94. The van der Waals surface area contributed by atoms with E-state index in [-0.39, 0.29) is 18.0 Å². The molecule has 0 aliphatic carbocycles. The third-order valence-corrected chi connectivity index (χ3v) is 4.07. The molecule has 1 aromatic rings. The standard InChI is InChI=1S/C19H32N4O2/c1-6-23(7-2)18(24)14-16-8-10-17(11-9-16)21-19(25)20-15(3)12-13-22(4)5/h8-11,15H,6-7,12-14H2,1-5H3,(H2,20,21,25)/t15-/m0/s1. The molecule has 1 rings (SSSR count). The van der Waals surface area contributed by atoms with Crippen LogP contribution in [-0.2, 0) is 11.2 Å². The third kappa shape index (κ3) is 8.03. The minimum atomic E-state index is -0.210. The van der Waals surface area contributed by atoms with Gasteiger partial charge in [-0.3, -0.25) is 4.79 Å². The van der Waals surface area contributed by atoms with Crippen LogP contribution in [0.5, 0.6) is 0 Å². The van der Waals surface area contributed by atoms with Crippen molar-refractivity contribution in [3.8, 4) is 0 Å². The first-order valence-corrected chi connectivity index (χ1v) is 8.94. The minimum Gasteiger partial charge on any atom is -0.343 e. The molecule has 6 nitrogen and oxygen atoms in total. The molecule has 6 heteroatoms. The number of nitrogens with zero attached hydrogens (tertiary/aromatic N) is 2. The Kier molecular flexibility index (Phi) is 8.99. The van der Waals surface area contributed by atoms with Gasteiger partial charge in [0.15, 0.2) is 0 Å². The summed E-state index contributed by atoms with van der Waals surface area (Å²) in [6.45, 7) is 8.32. The van der Waals surface area contributed by atoms with Crippen molar-refractivity contribution >= 4 is 17.6 Å². The smallest absolute Gasteiger partial charge is 0.319 e. The molecule has 0 radical (unpaired) electrons. The molecule has 0 spiro atoms. The summed E-state index contributed by atoms with van der Waals surface area (Å²) in [6, 6.07) is 7.31. The van der Waals surface area contributed by atoms with Crippen molar-refractivity contribution in [1.29, 1.82) is 0 Å². The van der Waals surface area contributed by atoms with E-state index in [1.54, 1.807) is 0 Å². The van der Waals surface area contributed by atoms with Crippen LogP contribution in [0.3, 0.4) is 0 Å². The van der Waals surface area contributed by atoms with Crippen molar-refractivity contribution in [2.24, 2.45) is 0 Å². The summed E-state index contributed by atoms with van der Waals surface area (Å²) in [5.41, 5.74) is 1.67. The number of carbonyl (C=O) groups excluding carboxylic acids is 2. The second kappa shape index (κ2) is 10.7. The molecule has 0 aliphatic rings. The zero-order chi connectivity index (χ0) is 18.8. The van der Waals surface area contributed by atoms with Crippen LogP contribution in [0.25, 0.3) is 0 Å². The largest absolute Gasteiger partial charge is 0.343 e. The Morgan fingerprint density at radius 2 is 1.68 bits per heavy atom. The van der Waals surface area contributed by atoms with Crippen LogP contribution in [0.2, 0.25) is 0 Å². The third-order valence-electron chi connectivity index (χ3n) is 4.07. The van der Waals surface area contributed by atoms with Crippen molar-refractivity contribution in [2.45, 2.75) is 39.7 Å². The summed E-state index contributed by atoms with van der Waals surface area (Å²) >= 11 is 0. The first kappa shape index (κ1) is 21.0. The van der Waals surface area contributed by atoms with E-state index in [1.807, 2.05) is 64.0 Å². The van der Waals surface area contributed by atoms with Crippen LogP contribution < -0.4 is 10.6 Å². The number of hydrogen-bond donors (Lipinski definition) is 2. The Labute approximate surface area is 151 Å². The number of nitrogens with one attached hydrogen (secondary N) is 2.